The van der Waals surface area contributed by atoms with Crippen LogP contribution < -0.4 is 9.47 Å². The Morgan fingerprint density at radius 3 is 2.38 bits per heavy atom. The highest BCUT2D eigenvalue weighted by molar-refractivity contribution is 5.72. The lowest BCUT2D eigenvalue weighted by atomic mass is 10.1. The van der Waals surface area contributed by atoms with Crippen LogP contribution in [0.5, 0.6) is 11.5 Å². The molecule has 1 aliphatic rings. The van der Waals surface area contributed by atoms with E-state index in [1.165, 1.54) is 23.0 Å². The molecule has 10 heteroatoms. The highest BCUT2D eigenvalue weighted by Crippen LogP contribution is 2.26. The van der Waals surface area contributed by atoms with Crippen LogP contribution in [0.25, 0.3) is 0 Å². The van der Waals surface area contributed by atoms with Crippen molar-refractivity contribution in [3.05, 3.63) is 59.2 Å². The van der Waals surface area contributed by atoms with Gasteiger partial charge in [-0.25, -0.2) is 18.4 Å². The Balaban J connectivity index is 1.55. The van der Waals surface area contributed by atoms with E-state index in [4.69, 9.17) is 18.9 Å². The van der Waals surface area contributed by atoms with E-state index >= 15 is 0 Å². The van der Waals surface area contributed by atoms with Crippen LogP contribution >= 0.6 is 0 Å². The lowest BCUT2D eigenvalue weighted by molar-refractivity contribution is -0.149. The number of carbonyl (C=O) groups excluding carboxylic acids is 1. The lowest BCUT2D eigenvalue weighted by Crippen LogP contribution is -2.39. The largest absolute Gasteiger partial charge is 0.492 e. The van der Waals surface area contributed by atoms with Crippen LogP contribution in [0, 0.1) is 0 Å². The quantitative estimate of drug-likeness (QED) is 0.290. The van der Waals surface area contributed by atoms with Crippen molar-refractivity contribution in [3.63, 3.8) is 0 Å². The van der Waals surface area contributed by atoms with E-state index in [0.717, 1.165) is 24.8 Å². The third kappa shape index (κ3) is 9.78. The van der Waals surface area contributed by atoms with E-state index in [1.54, 1.807) is 37.3 Å². The van der Waals surface area contributed by atoms with Gasteiger partial charge in [-0.15, -0.1) is 0 Å². The molecule has 0 bridgehead atoms. The number of hydrogen-bond acceptors (Lipinski definition) is 6. The van der Waals surface area contributed by atoms with Gasteiger partial charge in [0, 0.05) is 26.0 Å². The number of ether oxygens (including phenoxy) is 4. The second-order valence-corrected chi connectivity index (χ2v) is 9.38. The topological polar surface area (TPSA) is 94.5 Å². The SMILES string of the molecule is CCOC(Cc1ccc(OCCN(CCOCC(F)(F)CC)C(=O)Oc2ccc3c(c2)CCC3)cc1)C(=O)O. The predicted molar refractivity (Wildman–Crippen MR) is 141 cm³/mol. The number of alkyl halides is 2. The Morgan fingerprint density at radius 2 is 1.69 bits per heavy atom. The van der Waals surface area contributed by atoms with Crippen molar-refractivity contribution in [3.8, 4) is 11.5 Å². The first-order chi connectivity index (χ1) is 18.7. The molecule has 2 aromatic rings. The molecule has 0 aliphatic heterocycles. The van der Waals surface area contributed by atoms with Crippen LogP contribution in [-0.2, 0) is 33.5 Å². The summed E-state index contributed by atoms with van der Waals surface area (Å²) >= 11 is 0. The molecule has 1 amide bonds. The van der Waals surface area contributed by atoms with Gasteiger partial charge in [0.05, 0.1) is 13.2 Å². The fourth-order valence-electron chi connectivity index (χ4n) is 4.20. The number of carbonyl (C=O) groups is 2. The number of aryl methyl sites for hydroxylation is 2. The second-order valence-electron chi connectivity index (χ2n) is 9.38. The van der Waals surface area contributed by atoms with Crippen molar-refractivity contribution in [2.45, 2.75) is 58.0 Å². The van der Waals surface area contributed by atoms with E-state index in [-0.39, 0.29) is 39.1 Å². The Labute approximate surface area is 227 Å². The number of fused-ring (bicyclic) bond motifs is 1. The molecule has 0 aromatic heterocycles. The van der Waals surface area contributed by atoms with Crippen LogP contribution in [0.15, 0.2) is 42.5 Å². The zero-order valence-corrected chi connectivity index (χ0v) is 22.5. The summed E-state index contributed by atoms with van der Waals surface area (Å²) in [7, 11) is 0. The molecule has 8 nitrogen and oxygen atoms in total. The highest BCUT2D eigenvalue weighted by Gasteiger charge is 2.26. The normalized spacial score (nSPS) is 13.5. The average Bonchev–Trinajstić information content (AvgIpc) is 3.38. The summed E-state index contributed by atoms with van der Waals surface area (Å²) in [6.45, 7) is 2.96. The molecule has 39 heavy (non-hydrogen) atoms. The number of benzene rings is 2. The first-order valence-electron chi connectivity index (χ1n) is 13.3. The summed E-state index contributed by atoms with van der Waals surface area (Å²) in [5.74, 6) is -2.97. The van der Waals surface area contributed by atoms with Gasteiger partial charge >= 0.3 is 12.1 Å². The number of nitrogens with zero attached hydrogens (tertiary/aromatic N) is 1. The van der Waals surface area contributed by atoms with E-state index in [0.29, 0.717) is 18.1 Å². The number of rotatable bonds is 16. The molecular formula is C29H37F2NO7. The molecule has 0 spiro atoms. The number of hydrogen-bond donors (Lipinski definition) is 1. The average molecular weight is 550 g/mol. The van der Waals surface area contributed by atoms with E-state index in [2.05, 4.69) is 0 Å². The number of aliphatic carboxylic acids is 1. The minimum Gasteiger partial charge on any atom is -0.492 e. The number of halogens is 2. The van der Waals surface area contributed by atoms with Crippen LogP contribution in [-0.4, -0.2) is 73.6 Å². The van der Waals surface area contributed by atoms with Gasteiger partial charge in [0.15, 0.2) is 6.10 Å². The molecule has 1 N–H and O–H groups in total. The fourth-order valence-corrected chi connectivity index (χ4v) is 4.20. The standard InChI is InChI=1S/C29H37F2NO7/c1-3-29(30,31)20-36-16-14-32(28(35)39-25-13-10-22-6-5-7-23(22)19-25)15-17-38-24-11-8-21(9-12-24)18-26(27(33)34)37-4-2/h8-13,19,26H,3-7,14-18,20H2,1-2H3,(H,33,34). The van der Waals surface area contributed by atoms with Crippen molar-refractivity contribution < 1.29 is 42.4 Å². The minimum absolute atomic E-state index is 0.0554. The summed E-state index contributed by atoms with van der Waals surface area (Å²) in [6, 6.07) is 12.5. The number of amides is 1. The number of carboxylic acids is 1. The molecule has 1 atom stereocenters. The smallest absolute Gasteiger partial charge is 0.415 e. The van der Waals surface area contributed by atoms with Crippen LogP contribution in [0.3, 0.4) is 0 Å². The van der Waals surface area contributed by atoms with Gasteiger partial charge in [0.1, 0.15) is 24.7 Å². The summed E-state index contributed by atoms with van der Waals surface area (Å²) in [5.41, 5.74) is 3.20. The maximum Gasteiger partial charge on any atom is 0.415 e. The summed E-state index contributed by atoms with van der Waals surface area (Å²) < 4.78 is 48.8. The third-order valence-electron chi connectivity index (χ3n) is 6.49. The summed E-state index contributed by atoms with van der Waals surface area (Å²) in [5, 5.41) is 9.26. The molecule has 0 saturated heterocycles. The second kappa shape index (κ2) is 14.8. The Bertz CT molecular complexity index is 1080. The molecule has 0 heterocycles. The maximum atomic E-state index is 13.5. The first kappa shape index (κ1) is 30.3. The molecule has 1 aliphatic carbocycles. The molecular weight excluding hydrogens is 512 g/mol. The third-order valence-corrected chi connectivity index (χ3v) is 6.49. The first-order valence-corrected chi connectivity index (χ1v) is 13.3. The van der Waals surface area contributed by atoms with Crippen molar-refractivity contribution in [2.24, 2.45) is 0 Å². The monoisotopic (exact) mass is 549 g/mol. The minimum atomic E-state index is -2.92. The van der Waals surface area contributed by atoms with Gasteiger partial charge in [-0.2, -0.15) is 0 Å². The lowest BCUT2D eigenvalue weighted by Gasteiger charge is -2.23. The van der Waals surface area contributed by atoms with Crippen LogP contribution in [0.1, 0.15) is 43.4 Å². The molecule has 214 valence electrons. The maximum absolute atomic E-state index is 13.5. The Morgan fingerprint density at radius 1 is 1.00 bits per heavy atom. The molecule has 3 rings (SSSR count). The van der Waals surface area contributed by atoms with Crippen molar-refractivity contribution in [2.75, 3.05) is 39.5 Å². The molecule has 0 fully saturated rings. The summed E-state index contributed by atoms with van der Waals surface area (Å²) in [4.78, 5) is 25.6. The van der Waals surface area contributed by atoms with Gasteiger partial charge in [-0.05, 0) is 67.1 Å². The van der Waals surface area contributed by atoms with Crippen LogP contribution in [0.4, 0.5) is 13.6 Å². The molecule has 0 radical (unpaired) electrons. The molecule has 2 aromatic carbocycles. The predicted octanol–water partition coefficient (Wildman–Crippen LogP) is 5.15. The van der Waals surface area contributed by atoms with Crippen molar-refractivity contribution in [1.29, 1.82) is 0 Å². The molecule has 1 unspecified atom stereocenters. The highest BCUT2D eigenvalue weighted by atomic mass is 19.3. The number of carboxylic acid groups (broad SMARTS) is 1. The van der Waals surface area contributed by atoms with Crippen LogP contribution in [0.2, 0.25) is 0 Å². The van der Waals surface area contributed by atoms with Gasteiger partial charge in [0.25, 0.3) is 5.92 Å². The fraction of sp³-hybridized carbons (Fsp3) is 0.517. The Kier molecular flexibility index (Phi) is 11.5. The van der Waals surface area contributed by atoms with Crippen molar-refractivity contribution >= 4 is 12.1 Å². The van der Waals surface area contributed by atoms with Gasteiger partial charge < -0.3 is 29.0 Å². The Hall–Kier alpha value is -3.24. The van der Waals surface area contributed by atoms with Crippen molar-refractivity contribution in [1.82, 2.24) is 4.90 Å². The summed E-state index contributed by atoms with van der Waals surface area (Å²) in [6.07, 6.45) is 1.39. The van der Waals surface area contributed by atoms with Gasteiger partial charge in [-0.3, -0.25) is 0 Å². The zero-order valence-electron chi connectivity index (χ0n) is 22.5. The van der Waals surface area contributed by atoms with Gasteiger partial charge in [-0.1, -0.05) is 25.1 Å². The van der Waals surface area contributed by atoms with Gasteiger partial charge in [0.2, 0.25) is 0 Å². The van der Waals surface area contributed by atoms with E-state index in [9.17, 15) is 23.5 Å². The van der Waals surface area contributed by atoms with E-state index in [1.807, 2.05) is 12.1 Å². The van der Waals surface area contributed by atoms with E-state index < -0.39 is 30.7 Å². The zero-order chi connectivity index (χ0) is 28.3. The molecule has 0 saturated carbocycles.